The van der Waals surface area contributed by atoms with Gasteiger partial charge in [-0.05, 0) is 0 Å². The first-order chi connectivity index (χ1) is 10.9. The standard InChI is InChI=1S/C9H5F5N4O5S/c10-8(11,12)7(9(13,14)24(20,21)22)23-6(19)4-3-5(17-1-15-3)18-2-16-4/h1-2,7H,(H,20,21,22)(H,15,16,17,18)/p-1. The number of H-pyrrole nitrogens is 1. The molecule has 0 spiro atoms. The van der Waals surface area contributed by atoms with E-state index in [1.165, 1.54) is 0 Å². The monoisotopic (exact) mass is 375 g/mol. The van der Waals surface area contributed by atoms with E-state index in [9.17, 15) is 39.7 Å². The highest BCUT2D eigenvalue weighted by atomic mass is 32.2. The Kier molecular flexibility index (Phi) is 4.17. The highest BCUT2D eigenvalue weighted by molar-refractivity contribution is 7.86. The van der Waals surface area contributed by atoms with Crippen molar-refractivity contribution in [2.45, 2.75) is 17.5 Å². The third-order valence-electron chi connectivity index (χ3n) is 2.58. The number of aromatic amines is 1. The molecule has 1 atom stereocenters. The van der Waals surface area contributed by atoms with Gasteiger partial charge in [0.05, 0.1) is 6.33 Å². The van der Waals surface area contributed by atoms with Gasteiger partial charge in [0.1, 0.15) is 11.8 Å². The van der Waals surface area contributed by atoms with Gasteiger partial charge >= 0.3 is 17.4 Å². The zero-order valence-electron chi connectivity index (χ0n) is 10.9. The number of hydrogen-bond donors (Lipinski definition) is 1. The maximum Gasteiger partial charge on any atom is 0.432 e. The molecule has 0 fully saturated rings. The number of nitrogens with zero attached hydrogens (tertiary/aromatic N) is 3. The molecule has 0 aliphatic carbocycles. The number of halogens is 5. The Morgan fingerprint density at radius 2 is 1.83 bits per heavy atom. The molecular formula is C9H4F5N4O5S-. The van der Waals surface area contributed by atoms with Gasteiger partial charge < -0.3 is 14.3 Å². The second-order valence-electron chi connectivity index (χ2n) is 4.17. The van der Waals surface area contributed by atoms with E-state index in [2.05, 4.69) is 24.7 Å². The van der Waals surface area contributed by atoms with E-state index < -0.39 is 39.3 Å². The molecule has 0 radical (unpaired) electrons. The predicted molar refractivity (Wildman–Crippen MR) is 61.6 cm³/mol. The number of ether oxygens (including phenoxy) is 1. The third-order valence-corrected chi connectivity index (χ3v) is 3.46. The molecule has 2 rings (SSSR count). The van der Waals surface area contributed by atoms with Crippen LogP contribution in [0, 0.1) is 0 Å². The van der Waals surface area contributed by atoms with E-state index in [1.807, 2.05) is 0 Å². The number of alkyl halides is 5. The normalized spacial score (nSPS) is 14.6. The summed E-state index contributed by atoms with van der Waals surface area (Å²) in [6.07, 6.45) is -8.90. The molecule has 2 aromatic rings. The average Bonchev–Trinajstić information content (AvgIpc) is 2.89. The number of esters is 1. The summed E-state index contributed by atoms with van der Waals surface area (Å²) >= 11 is 0. The van der Waals surface area contributed by atoms with Gasteiger partial charge in [0.25, 0.3) is 6.10 Å². The molecule has 15 heteroatoms. The quantitative estimate of drug-likeness (QED) is 0.465. The van der Waals surface area contributed by atoms with Crippen LogP contribution in [0.1, 0.15) is 10.5 Å². The van der Waals surface area contributed by atoms with E-state index in [1.54, 1.807) is 0 Å². The van der Waals surface area contributed by atoms with Gasteiger partial charge in [0, 0.05) is 0 Å². The second-order valence-corrected chi connectivity index (χ2v) is 5.62. The lowest BCUT2D eigenvalue weighted by Crippen LogP contribution is -2.52. The summed E-state index contributed by atoms with van der Waals surface area (Å²) in [5.74, 6) is -2.06. The van der Waals surface area contributed by atoms with Gasteiger partial charge in [-0.1, -0.05) is 0 Å². The summed E-state index contributed by atoms with van der Waals surface area (Å²) in [4.78, 5) is 24.3. The summed E-state index contributed by atoms with van der Waals surface area (Å²) in [5, 5.41) is -5.94. The van der Waals surface area contributed by atoms with Gasteiger partial charge in [-0.15, -0.1) is 0 Å². The van der Waals surface area contributed by atoms with Crippen molar-refractivity contribution < 1.29 is 44.5 Å². The van der Waals surface area contributed by atoms with Crippen molar-refractivity contribution in [3.63, 3.8) is 0 Å². The molecule has 0 amide bonds. The number of rotatable bonds is 4. The number of nitrogens with one attached hydrogen (secondary N) is 1. The second kappa shape index (κ2) is 5.59. The summed E-state index contributed by atoms with van der Waals surface area (Å²) < 4.78 is 99.2. The van der Waals surface area contributed by atoms with Crippen molar-refractivity contribution >= 4 is 27.3 Å². The zero-order chi connectivity index (χ0) is 18.3. The first kappa shape index (κ1) is 17.9. The highest BCUT2D eigenvalue weighted by Gasteiger charge is 2.63. The topological polar surface area (TPSA) is 138 Å². The van der Waals surface area contributed by atoms with Crippen LogP contribution in [0.4, 0.5) is 22.0 Å². The summed E-state index contributed by atoms with van der Waals surface area (Å²) in [7, 11) is -6.78. The molecule has 9 nitrogen and oxygen atoms in total. The Labute approximate surface area is 128 Å². The lowest BCUT2D eigenvalue weighted by atomic mass is 10.3. The van der Waals surface area contributed by atoms with E-state index >= 15 is 0 Å². The van der Waals surface area contributed by atoms with Gasteiger partial charge in [-0.3, -0.25) is 0 Å². The summed E-state index contributed by atoms with van der Waals surface area (Å²) in [6, 6.07) is 0. The molecule has 2 aromatic heterocycles. The van der Waals surface area contributed by atoms with Crippen LogP contribution in [0.2, 0.25) is 0 Å². The highest BCUT2D eigenvalue weighted by Crippen LogP contribution is 2.38. The number of carbonyl (C=O) groups is 1. The van der Waals surface area contributed by atoms with Gasteiger partial charge in [-0.2, -0.15) is 22.0 Å². The molecule has 0 aromatic carbocycles. The number of hydrogen-bond acceptors (Lipinski definition) is 8. The van der Waals surface area contributed by atoms with Crippen LogP contribution >= 0.6 is 0 Å². The van der Waals surface area contributed by atoms with Gasteiger partial charge in [0.15, 0.2) is 21.5 Å². The van der Waals surface area contributed by atoms with Crippen molar-refractivity contribution in [2.24, 2.45) is 0 Å². The number of carbonyl (C=O) groups excluding carboxylic acids is 1. The van der Waals surface area contributed by atoms with E-state index in [4.69, 9.17) is 0 Å². The fraction of sp³-hybridized carbons (Fsp3) is 0.333. The van der Waals surface area contributed by atoms with Crippen LogP contribution < -0.4 is 0 Å². The minimum absolute atomic E-state index is 0.191. The lowest BCUT2D eigenvalue weighted by molar-refractivity contribution is -0.248. The lowest BCUT2D eigenvalue weighted by Gasteiger charge is -2.29. The Bertz CT molecular complexity index is 880. The van der Waals surface area contributed by atoms with Crippen LogP contribution in [0.15, 0.2) is 12.7 Å². The summed E-state index contributed by atoms with van der Waals surface area (Å²) in [5.41, 5.74) is -1.44. The Hall–Kier alpha value is -2.42. The minimum Gasteiger partial charge on any atom is -0.743 e. The molecule has 132 valence electrons. The predicted octanol–water partition coefficient (Wildman–Crippen LogP) is 0.579. The van der Waals surface area contributed by atoms with Crippen molar-refractivity contribution in [1.29, 1.82) is 0 Å². The van der Waals surface area contributed by atoms with Crippen molar-refractivity contribution in [1.82, 2.24) is 19.9 Å². The van der Waals surface area contributed by atoms with E-state index in [0.29, 0.717) is 6.33 Å². The maximum atomic E-state index is 13.3. The maximum absolute atomic E-state index is 13.3. The van der Waals surface area contributed by atoms with E-state index in [-0.39, 0.29) is 11.2 Å². The van der Waals surface area contributed by atoms with Gasteiger partial charge in [-0.25, -0.2) is 28.2 Å². The fourth-order valence-electron chi connectivity index (χ4n) is 1.54. The first-order valence-electron chi connectivity index (χ1n) is 5.60. The molecule has 0 aliphatic heterocycles. The Morgan fingerprint density at radius 1 is 1.21 bits per heavy atom. The third kappa shape index (κ3) is 3.12. The Morgan fingerprint density at radius 3 is 2.38 bits per heavy atom. The molecule has 1 unspecified atom stereocenters. The molecule has 24 heavy (non-hydrogen) atoms. The van der Waals surface area contributed by atoms with Crippen LogP contribution in [0.5, 0.6) is 0 Å². The van der Waals surface area contributed by atoms with Gasteiger partial charge in [0.2, 0.25) is 0 Å². The van der Waals surface area contributed by atoms with Crippen LogP contribution in [0.25, 0.3) is 11.2 Å². The molecule has 1 N–H and O–H groups in total. The zero-order valence-corrected chi connectivity index (χ0v) is 11.7. The molecule has 2 heterocycles. The minimum atomic E-state index is -6.78. The number of imidazole rings is 1. The molecule has 0 saturated carbocycles. The fourth-order valence-corrected chi connectivity index (χ4v) is 1.98. The van der Waals surface area contributed by atoms with Crippen molar-refractivity contribution in [3.05, 3.63) is 18.3 Å². The Balaban J connectivity index is 2.44. The van der Waals surface area contributed by atoms with Crippen molar-refractivity contribution in [3.8, 4) is 0 Å². The number of aromatic nitrogens is 4. The molecule has 0 saturated heterocycles. The SMILES string of the molecule is O=C(OC(C(F)(F)F)C(F)(F)S(=O)(=O)[O-])c1ncnc2nc[nH]c12. The summed E-state index contributed by atoms with van der Waals surface area (Å²) in [6.45, 7) is 0. The average molecular weight is 375 g/mol. The molecule has 0 bridgehead atoms. The van der Waals surface area contributed by atoms with E-state index in [0.717, 1.165) is 6.33 Å². The molecular weight excluding hydrogens is 371 g/mol. The van der Waals surface area contributed by atoms with Crippen LogP contribution in [0.3, 0.4) is 0 Å². The van der Waals surface area contributed by atoms with Crippen LogP contribution in [-0.2, 0) is 14.9 Å². The number of fused-ring (bicyclic) bond motifs is 1. The largest absolute Gasteiger partial charge is 0.743 e. The first-order valence-corrected chi connectivity index (χ1v) is 7.01. The smallest absolute Gasteiger partial charge is 0.432 e. The van der Waals surface area contributed by atoms with Crippen LogP contribution in [-0.4, -0.2) is 56.4 Å². The molecule has 0 aliphatic rings. The van der Waals surface area contributed by atoms with Crippen molar-refractivity contribution in [2.75, 3.05) is 0 Å².